The summed E-state index contributed by atoms with van der Waals surface area (Å²) in [4.78, 5) is 11.6. The SMILES string of the molecule is CC1(C)CCCN(CCOc2ccccc2)C12C=Nc1c(ccc3ccncc13)O2. The molecule has 2 aliphatic heterocycles. The minimum atomic E-state index is -0.589. The number of aromatic nitrogens is 1. The summed E-state index contributed by atoms with van der Waals surface area (Å²) >= 11 is 0. The minimum absolute atomic E-state index is 0.0803. The van der Waals surface area contributed by atoms with Crippen LogP contribution in [0.25, 0.3) is 10.8 Å². The highest BCUT2D eigenvalue weighted by atomic mass is 16.5. The van der Waals surface area contributed by atoms with Gasteiger partial charge in [-0.05, 0) is 42.5 Å². The average Bonchev–Trinajstić information content (AvgIpc) is 2.77. The van der Waals surface area contributed by atoms with Crippen molar-refractivity contribution in [2.75, 3.05) is 19.7 Å². The second-order valence-electron chi connectivity index (χ2n) is 8.70. The van der Waals surface area contributed by atoms with Crippen LogP contribution in [-0.2, 0) is 0 Å². The van der Waals surface area contributed by atoms with E-state index >= 15 is 0 Å². The number of nitrogens with zero attached hydrogens (tertiary/aromatic N) is 3. The van der Waals surface area contributed by atoms with Crippen molar-refractivity contribution in [2.24, 2.45) is 10.4 Å². The van der Waals surface area contributed by atoms with Crippen LogP contribution >= 0.6 is 0 Å². The molecular weight excluding hydrogens is 374 g/mol. The summed E-state index contributed by atoms with van der Waals surface area (Å²) in [7, 11) is 0. The molecule has 2 aromatic carbocycles. The fraction of sp³-hybridized carbons (Fsp3) is 0.360. The first kappa shape index (κ1) is 19.1. The molecule has 5 rings (SSSR count). The number of benzene rings is 2. The lowest BCUT2D eigenvalue weighted by molar-refractivity contribution is -0.136. The zero-order valence-electron chi connectivity index (χ0n) is 17.5. The Morgan fingerprint density at radius 2 is 1.97 bits per heavy atom. The van der Waals surface area contributed by atoms with Crippen molar-refractivity contribution in [3.63, 3.8) is 0 Å². The Bertz CT molecular complexity index is 1080. The third-order valence-corrected chi connectivity index (χ3v) is 6.43. The Morgan fingerprint density at radius 1 is 1.10 bits per heavy atom. The molecule has 3 heterocycles. The molecule has 154 valence electrons. The normalized spacial score (nSPS) is 22.6. The van der Waals surface area contributed by atoms with Gasteiger partial charge in [0.1, 0.15) is 23.8 Å². The van der Waals surface area contributed by atoms with E-state index in [4.69, 9.17) is 14.5 Å². The first-order valence-corrected chi connectivity index (χ1v) is 10.6. The zero-order chi connectivity index (χ0) is 20.6. The molecule has 0 saturated carbocycles. The van der Waals surface area contributed by atoms with Crippen molar-refractivity contribution < 1.29 is 9.47 Å². The standard InChI is InChI=1S/C25H27N3O2/c1-24(2)12-6-14-28(15-16-29-20-7-4-3-5-8-20)25(24)18-27-23-21-17-26-13-11-19(21)9-10-22(23)30-25/h3-5,7-11,13,17-18H,6,12,14-16H2,1-2H3. The quantitative estimate of drug-likeness (QED) is 0.601. The number of pyridine rings is 1. The van der Waals surface area contributed by atoms with E-state index < -0.39 is 5.72 Å². The molecule has 1 saturated heterocycles. The monoisotopic (exact) mass is 401 g/mol. The van der Waals surface area contributed by atoms with Crippen molar-refractivity contribution in [3.8, 4) is 11.5 Å². The van der Waals surface area contributed by atoms with Gasteiger partial charge in [0.05, 0.1) is 6.21 Å². The van der Waals surface area contributed by atoms with E-state index in [0.29, 0.717) is 6.61 Å². The van der Waals surface area contributed by atoms with E-state index in [9.17, 15) is 0 Å². The van der Waals surface area contributed by atoms with Gasteiger partial charge in [-0.15, -0.1) is 0 Å². The van der Waals surface area contributed by atoms with Gasteiger partial charge in [-0.2, -0.15) is 0 Å². The maximum Gasteiger partial charge on any atom is 0.205 e. The molecule has 3 aromatic rings. The molecule has 0 radical (unpaired) electrons. The second-order valence-corrected chi connectivity index (χ2v) is 8.70. The molecule has 30 heavy (non-hydrogen) atoms. The number of ether oxygens (including phenoxy) is 2. The number of fused-ring (bicyclic) bond motifs is 3. The van der Waals surface area contributed by atoms with Crippen LogP contribution in [-0.4, -0.2) is 41.5 Å². The molecule has 1 aromatic heterocycles. The summed E-state index contributed by atoms with van der Waals surface area (Å²) in [6.45, 7) is 6.88. The first-order valence-electron chi connectivity index (χ1n) is 10.6. The van der Waals surface area contributed by atoms with E-state index in [1.807, 2.05) is 61.1 Å². The molecular formula is C25H27N3O2. The van der Waals surface area contributed by atoms with Crippen LogP contribution in [0.5, 0.6) is 11.5 Å². The fourth-order valence-corrected chi connectivity index (χ4v) is 4.70. The second kappa shape index (κ2) is 7.40. The van der Waals surface area contributed by atoms with Crippen LogP contribution < -0.4 is 9.47 Å². The van der Waals surface area contributed by atoms with Crippen LogP contribution in [0.15, 0.2) is 65.9 Å². The highest BCUT2D eigenvalue weighted by molar-refractivity contribution is 5.97. The maximum atomic E-state index is 6.79. The Hall–Kier alpha value is -2.92. The van der Waals surface area contributed by atoms with Gasteiger partial charge in [-0.3, -0.25) is 14.9 Å². The van der Waals surface area contributed by atoms with Crippen LogP contribution in [0.4, 0.5) is 5.69 Å². The lowest BCUT2D eigenvalue weighted by atomic mass is 9.73. The van der Waals surface area contributed by atoms with Crippen molar-refractivity contribution in [2.45, 2.75) is 32.4 Å². The summed E-state index contributed by atoms with van der Waals surface area (Å²) in [6, 6.07) is 16.1. The predicted molar refractivity (Wildman–Crippen MR) is 120 cm³/mol. The number of likely N-dealkylation sites (tertiary alicyclic amines) is 1. The Kier molecular flexibility index (Phi) is 4.70. The Morgan fingerprint density at radius 3 is 2.83 bits per heavy atom. The van der Waals surface area contributed by atoms with Gasteiger partial charge in [0.15, 0.2) is 0 Å². The molecule has 1 atom stereocenters. The maximum absolute atomic E-state index is 6.79. The largest absolute Gasteiger partial charge is 0.492 e. The van der Waals surface area contributed by atoms with Gasteiger partial charge < -0.3 is 9.47 Å². The van der Waals surface area contributed by atoms with Crippen molar-refractivity contribution in [1.29, 1.82) is 0 Å². The van der Waals surface area contributed by atoms with Gasteiger partial charge in [0.2, 0.25) is 5.72 Å². The molecule has 0 N–H and O–H groups in total. The van der Waals surface area contributed by atoms with Crippen molar-refractivity contribution in [1.82, 2.24) is 9.88 Å². The van der Waals surface area contributed by atoms with Crippen LogP contribution in [0.3, 0.4) is 0 Å². The third-order valence-electron chi connectivity index (χ3n) is 6.43. The number of rotatable bonds is 4. The molecule has 0 amide bonds. The predicted octanol–water partition coefficient (Wildman–Crippen LogP) is 5.23. The number of aliphatic imine (C=N–C) groups is 1. The smallest absolute Gasteiger partial charge is 0.205 e. The molecule has 5 heteroatoms. The van der Waals surface area contributed by atoms with E-state index in [1.165, 1.54) is 0 Å². The van der Waals surface area contributed by atoms with Crippen molar-refractivity contribution in [3.05, 3.63) is 60.9 Å². The Labute approximate surface area is 177 Å². The summed E-state index contributed by atoms with van der Waals surface area (Å²) in [5.41, 5.74) is 0.199. The third kappa shape index (κ3) is 3.14. The highest BCUT2D eigenvalue weighted by Gasteiger charge is 2.54. The highest BCUT2D eigenvalue weighted by Crippen LogP contribution is 2.49. The summed E-state index contributed by atoms with van der Waals surface area (Å²) in [5.74, 6) is 1.72. The van der Waals surface area contributed by atoms with E-state index in [-0.39, 0.29) is 5.41 Å². The van der Waals surface area contributed by atoms with E-state index in [0.717, 1.165) is 53.9 Å². The lowest BCUT2D eigenvalue weighted by Crippen LogP contribution is -2.67. The molecule has 1 unspecified atom stereocenters. The van der Waals surface area contributed by atoms with Crippen LogP contribution in [0.1, 0.15) is 26.7 Å². The fourth-order valence-electron chi connectivity index (χ4n) is 4.70. The molecule has 5 nitrogen and oxygen atoms in total. The number of hydrogen-bond acceptors (Lipinski definition) is 5. The molecule has 0 bridgehead atoms. The van der Waals surface area contributed by atoms with Gasteiger partial charge in [-0.25, -0.2) is 0 Å². The minimum Gasteiger partial charge on any atom is -0.492 e. The number of para-hydroxylation sites is 1. The number of hydrogen-bond donors (Lipinski definition) is 0. The number of piperidine rings is 1. The van der Waals surface area contributed by atoms with E-state index in [1.54, 1.807) is 0 Å². The van der Waals surface area contributed by atoms with E-state index in [2.05, 4.69) is 29.8 Å². The van der Waals surface area contributed by atoms with Gasteiger partial charge in [0.25, 0.3) is 0 Å². The summed E-state index contributed by atoms with van der Waals surface area (Å²) < 4.78 is 12.8. The zero-order valence-corrected chi connectivity index (χ0v) is 17.5. The van der Waals surface area contributed by atoms with Crippen LogP contribution in [0.2, 0.25) is 0 Å². The molecule has 1 spiro atoms. The topological polar surface area (TPSA) is 47.0 Å². The van der Waals surface area contributed by atoms with Gasteiger partial charge in [0, 0.05) is 36.3 Å². The molecule has 1 fully saturated rings. The van der Waals surface area contributed by atoms with Gasteiger partial charge >= 0.3 is 0 Å². The average molecular weight is 402 g/mol. The Balaban J connectivity index is 1.45. The molecule has 2 aliphatic rings. The van der Waals surface area contributed by atoms with Crippen molar-refractivity contribution >= 4 is 22.7 Å². The van der Waals surface area contributed by atoms with Crippen LogP contribution in [0, 0.1) is 5.41 Å². The van der Waals surface area contributed by atoms with Gasteiger partial charge in [-0.1, -0.05) is 38.1 Å². The summed E-state index contributed by atoms with van der Waals surface area (Å²) in [6.07, 6.45) is 7.90. The first-order chi connectivity index (χ1) is 14.6. The molecule has 0 aliphatic carbocycles. The lowest BCUT2D eigenvalue weighted by Gasteiger charge is -2.54. The summed E-state index contributed by atoms with van der Waals surface area (Å²) in [5, 5.41) is 2.14.